The number of nitrogens with zero attached hydrogens (tertiary/aromatic N) is 5. The summed E-state index contributed by atoms with van der Waals surface area (Å²) in [6.07, 6.45) is 2.92. The van der Waals surface area contributed by atoms with Crippen molar-refractivity contribution in [2.24, 2.45) is 5.11 Å². The van der Waals surface area contributed by atoms with Crippen molar-refractivity contribution < 1.29 is 9.50 Å². The van der Waals surface area contributed by atoms with Gasteiger partial charge in [0.05, 0.1) is 24.3 Å². The Morgan fingerprint density at radius 1 is 1.53 bits per heavy atom. The highest BCUT2D eigenvalue weighted by molar-refractivity contribution is 5.45. The van der Waals surface area contributed by atoms with Gasteiger partial charge in [-0.05, 0) is 17.7 Å². The van der Waals surface area contributed by atoms with Gasteiger partial charge in [-0.1, -0.05) is 11.2 Å². The molecule has 1 N–H and O–H groups in total. The number of aromatic nitrogens is 2. The number of halogens is 1. The molecule has 0 atom stereocenters. The summed E-state index contributed by atoms with van der Waals surface area (Å²) < 4.78 is 15.1. The molecule has 1 aromatic heterocycles. The summed E-state index contributed by atoms with van der Waals surface area (Å²) in [6, 6.07) is 4.10. The van der Waals surface area contributed by atoms with Gasteiger partial charge in [-0.25, -0.2) is 9.37 Å². The number of rotatable bonds is 3. The maximum Gasteiger partial charge on any atom is 0.147 e. The van der Waals surface area contributed by atoms with E-state index in [4.69, 9.17) is 10.6 Å². The standard InChI is InChI=1S/C10H8FN5O/c11-9-3-7(14-15-12)1-2-10(9)16-4-8(5-17)13-6-16/h1-4,6,17H,5H2. The third kappa shape index (κ3) is 2.25. The topological polar surface area (TPSA) is 86.8 Å². The molecule has 0 amide bonds. The third-order valence-electron chi connectivity index (χ3n) is 2.17. The van der Waals surface area contributed by atoms with Gasteiger partial charge in [0.15, 0.2) is 0 Å². The van der Waals surface area contributed by atoms with Crippen LogP contribution >= 0.6 is 0 Å². The second kappa shape index (κ2) is 4.65. The Labute approximate surface area is 95.6 Å². The van der Waals surface area contributed by atoms with Crippen LogP contribution in [0.4, 0.5) is 10.1 Å². The van der Waals surface area contributed by atoms with Gasteiger partial charge in [0.2, 0.25) is 0 Å². The molecule has 0 radical (unpaired) electrons. The average molecular weight is 233 g/mol. The predicted octanol–water partition coefficient (Wildman–Crippen LogP) is 2.45. The van der Waals surface area contributed by atoms with Crippen LogP contribution in [0.5, 0.6) is 0 Å². The van der Waals surface area contributed by atoms with Crippen molar-refractivity contribution in [3.8, 4) is 5.69 Å². The Hall–Kier alpha value is -2.37. The summed E-state index contributed by atoms with van der Waals surface area (Å²) in [5.74, 6) is -0.531. The molecule has 0 fully saturated rings. The summed E-state index contributed by atoms with van der Waals surface area (Å²) in [5, 5.41) is 12.2. The number of hydrogen-bond donors (Lipinski definition) is 1. The zero-order valence-corrected chi connectivity index (χ0v) is 8.66. The molecule has 1 aromatic carbocycles. The van der Waals surface area contributed by atoms with Crippen molar-refractivity contribution in [2.45, 2.75) is 6.61 Å². The average Bonchev–Trinajstić information content (AvgIpc) is 2.78. The minimum Gasteiger partial charge on any atom is -0.390 e. The van der Waals surface area contributed by atoms with E-state index in [1.807, 2.05) is 0 Å². The molecule has 0 aliphatic carbocycles. The van der Waals surface area contributed by atoms with Gasteiger partial charge in [0, 0.05) is 16.8 Å². The van der Waals surface area contributed by atoms with Gasteiger partial charge in [0.25, 0.3) is 0 Å². The van der Waals surface area contributed by atoms with Crippen molar-refractivity contribution in [2.75, 3.05) is 0 Å². The number of azide groups is 1. The monoisotopic (exact) mass is 233 g/mol. The first kappa shape index (κ1) is 11.1. The maximum absolute atomic E-state index is 13.7. The van der Waals surface area contributed by atoms with Gasteiger partial charge >= 0.3 is 0 Å². The van der Waals surface area contributed by atoms with Crippen molar-refractivity contribution >= 4 is 5.69 Å². The molecule has 0 saturated carbocycles. The molecule has 0 unspecified atom stereocenters. The lowest BCUT2D eigenvalue weighted by atomic mass is 10.2. The lowest BCUT2D eigenvalue weighted by Crippen LogP contribution is -1.94. The molecule has 0 aliphatic heterocycles. The van der Waals surface area contributed by atoms with Gasteiger partial charge in [-0.3, -0.25) is 0 Å². The van der Waals surface area contributed by atoms with Gasteiger partial charge in [0.1, 0.15) is 5.82 Å². The summed E-state index contributed by atoms with van der Waals surface area (Å²) in [6.45, 7) is -0.203. The summed E-state index contributed by atoms with van der Waals surface area (Å²) >= 11 is 0. The highest BCUT2D eigenvalue weighted by Gasteiger charge is 2.06. The molecule has 0 saturated heterocycles. The van der Waals surface area contributed by atoms with Crippen molar-refractivity contribution in [1.82, 2.24) is 9.55 Å². The fraction of sp³-hybridized carbons (Fsp3) is 0.100. The molecule has 86 valence electrons. The Morgan fingerprint density at radius 3 is 2.94 bits per heavy atom. The number of hydrogen-bond acceptors (Lipinski definition) is 3. The summed E-state index contributed by atoms with van der Waals surface area (Å²) in [7, 11) is 0. The van der Waals surface area contributed by atoms with Crippen LogP contribution in [0.15, 0.2) is 35.8 Å². The quantitative estimate of drug-likeness (QED) is 0.501. The zero-order valence-electron chi connectivity index (χ0n) is 8.66. The molecule has 7 heteroatoms. The second-order valence-electron chi connectivity index (χ2n) is 3.26. The fourth-order valence-electron chi connectivity index (χ4n) is 1.40. The van der Waals surface area contributed by atoms with E-state index in [0.717, 1.165) is 6.07 Å². The number of imidazole rings is 1. The van der Waals surface area contributed by atoms with E-state index in [2.05, 4.69) is 15.0 Å². The van der Waals surface area contributed by atoms with Gasteiger partial charge < -0.3 is 9.67 Å². The summed E-state index contributed by atoms with van der Waals surface area (Å²) in [5.41, 5.74) is 9.15. The second-order valence-corrected chi connectivity index (χ2v) is 3.26. The fourth-order valence-corrected chi connectivity index (χ4v) is 1.40. The molecular formula is C10H8FN5O. The lowest BCUT2D eigenvalue weighted by Gasteiger charge is -2.03. The molecule has 2 rings (SSSR count). The van der Waals surface area contributed by atoms with Crippen molar-refractivity contribution in [3.63, 3.8) is 0 Å². The van der Waals surface area contributed by atoms with E-state index in [-0.39, 0.29) is 18.0 Å². The van der Waals surface area contributed by atoms with Crippen LogP contribution in [0.3, 0.4) is 0 Å². The SMILES string of the molecule is [N-]=[N+]=Nc1ccc(-n2cnc(CO)c2)c(F)c1. The van der Waals surface area contributed by atoms with E-state index in [1.165, 1.54) is 29.2 Å². The third-order valence-corrected chi connectivity index (χ3v) is 2.17. The van der Waals surface area contributed by atoms with Crippen molar-refractivity contribution in [1.29, 1.82) is 0 Å². The summed E-state index contributed by atoms with van der Waals surface area (Å²) in [4.78, 5) is 6.45. The number of aliphatic hydroxyl groups excluding tert-OH is 1. The van der Waals surface area contributed by atoms with Crippen LogP contribution in [0.1, 0.15) is 5.69 Å². The molecule has 0 spiro atoms. The first-order valence-corrected chi connectivity index (χ1v) is 4.73. The van der Waals surface area contributed by atoms with Crippen LogP contribution in [-0.2, 0) is 6.61 Å². The molecular weight excluding hydrogens is 225 g/mol. The number of aliphatic hydroxyl groups is 1. The van der Waals surface area contributed by atoms with E-state index in [0.29, 0.717) is 5.69 Å². The smallest absolute Gasteiger partial charge is 0.147 e. The molecule has 17 heavy (non-hydrogen) atoms. The molecule has 6 nitrogen and oxygen atoms in total. The van der Waals surface area contributed by atoms with Crippen LogP contribution in [0.25, 0.3) is 16.1 Å². The highest BCUT2D eigenvalue weighted by Crippen LogP contribution is 2.20. The minimum absolute atomic E-state index is 0.203. The molecule has 1 heterocycles. The predicted molar refractivity (Wildman–Crippen MR) is 58.3 cm³/mol. The first-order valence-electron chi connectivity index (χ1n) is 4.73. The Kier molecular flexibility index (Phi) is 3.04. The van der Waals surface area contributed by atoms with Crippen LogP contribution in [-0.4, -0.2) is 14.7 Å². The Morgan fingerprint density at radius 2 is 2.35 bits per heavy atom. The zero-order chi connectivity index (χ0) is 12.3. The van der Waals surface area contributed by atoms with Crippen LogP contribution in [0.2, 0.25) is 0 Å². The van der Waals surface area contributed by atoms with E-state index >= 15 is 0 Å². The van der Waals surface area contributed by atoms with Gasteiger partial charge in [-0.2, -0.15) is 0 Å². The normalized spacial score (nSPS) is 10.0. The van der Waals surface area contributed by atoms with Crippen LogP contribution < -0.4 is 0 Å². The largest absolute Gasteiger partial charge is 0.390 e. The van der Waals surface area contributed by atoms with E-state index in [9.17, 15) is 4.39 Å². The lowest BCUT2D eigenvalue weighted by molar-refractivity contribution is 0.277. The molecule has 0 bridgehead atoms. The maximum atomic E-state index is 13.7. The van der Waals surface area contributed by atoms with E-state index in [1.54, 1.807) is 0 Å². The van der Waals surface area contributed by atoms with E-state index < -0.39 is 5.82 Å². The Balaban J connectivity index is 2.42. The molecule has 0 aliphatic rings. The number of benzene rings is 1. The molecule has 2 aromatic rings. The van der Waals surface area contributed by atoms with Crippen LogP contribution in [0, 0.1) is 5.82 Å². The minimum atomic E-state index is -0.531. The van der Waals surface area contributed by atoms with Gasteiger partial charge in [-0.15, -0.1) is 0 Å². The first-order chi connectivity index (χ1) is 8.24. The Bertz CT molecular complexity index is 588. The highest BCUT2D eigenvalue weighted by atomic mass is 19.1. The van der Waals surface area contributed by atoms with Crippen molar-refractivity contribution in [3.05, 3.63) is 52.7 Å².